The molecule has 3 aromatic carbocycles. The zero-order valence-electron chi connectivity index (χ0n) is 29.4. The molecule has 1 spiro atoms. The van der Waals surface area contributed by atoms with E-state index in [-0.39, 0.29) is 22.4 Å². The maximum absolute atomic E-state index is 14.2. The van der Waals surface area contributed by atoms with Gasteiger partial charge in [-0.1, -0.05) is 6.07 Å². The van der Waals surface area contributed by atoms with Crippen molar-refractivity contribution in [1.82, 2.24) is 9.78 Å². The Morgan fingerprint density at radius 2 is 1.58 bits per heavy atom. The van der Waals surface area contributed by atoms with Crippen LogP contribution in [0.4, 0.5) is 26.8 Å². The number of hydrogen-bond acceptors (Lipinski definition) is 11. The zero-order valence-corrected chi connectivity index (χ0v) is 30.2. The van der Waals surface area contributed by atoms with Crippen molar-refractivity contribution in [1.29, 1.82) is 0 Å². The Hall–Kier alpha value is -5.11. The monoisotopic (exact) mass is 704 g/mol. The third kappa shape index (κ3) is 6.12. The van der Waals surface area contributed by atoms with Gasteiger partial charge in [-0.15, -0.1) is 5.10 Å². The lowest BCUT2D eigenvalue weighted by Crippen LogP contribution is -2.41. The van der Waals surface area contributed by atoms with Gasteiger partial charge in [0.2, 0.25) is 5.91 Å². The van der Waals surface area contributed by atoms with Gasteiger partial charge in [0.25, 0.3) is 0 Å². The van der Waals surface area contributed by atoms with Crippen LogP contribution in [0.5, 0.6) is 11.5 Å². The molecule has 264 valence electrons. The first kappa shape index (κ1) is 34.7. The van der Waals surface area contributed by atoms with Crippen molar-refractivity contribution < 1.29 is 41.7 Å². The number of nitrogens with one attached hydrogen (secondary N) is 1. The fourth-order valence-corrected chi connectivity index (χ4v) is 6.96. The quantitative estimate of drug-likeness (QED) is 0.228. The third-order valence-corrected chi connectivity index (χ3v) is 9.69. The van der Waals surface area contributed by atoms with E-state index in [1.807, 2.05) is 6.07 Å². The first-order valence-corrected chi connectivity index (χ1v) is 17.8. The number of benzene rings is 3. The lowest BCUT2D eigenvalue weighted by atomic mass is 9.91. The summed E-state index contributed by atoms with van der Waals surface area (Å²) in [6, 6.07) is 15.0. The molecule has 1 saturated carbocycles. The first-order valence-electron chi connectivity index (χ1n) is 15.9. The number of sulfone groups is 1. The number of aromatic nitrogens is 2. The van der Waals surface area contributed by atoms with Gasteiger partial charge in [0.05, 0.1) is 41.4 Å². The number of nitrogens with zero attached hydrogens (tertiary/aromatic N) is 3. The van der Waals surface area contributed by atoms with Crippen molar-refractivity contribution >= 4 is 56.0 Å². The molecule has 2 atom stereocenters. The molecular formula is C36H40N4O9S. The molecule has 13 nitrogen and oxygen atoms in total. The number of anilines is 3. The smallest absolute Gasteiger partial charge is 0.435 e. The number of ether oxygens (including phenoxy) is 4. The van der Waals surface area contributed by atoms with Gasteiger partial charge in [-0.2, -0.15) is 4.68 Å². The molecular weight excluding hydrogens is 664 g/mol. The van der Waals surface area contributed by atoms with Crippen LogP contribution in [-0.2, 0) is 29.5 Å². The van der Waals surface area contributed by atoms with Gasteiger partial charge in [0, 0.05) is 23.6 Å². The number of carbonyl (C=O) groups is 3. The van der Waals surface area contributed by atoms with Crippen molar-refractivity contribution in [3.05, 3.63) is 65.7 Å². The normalized spacial score (nSPS) is 18.6. The molecule has 0 saturated heterocycles. The van der Waals surface area contributed by atoms with Crippen molar-refractivity contribution in [3.8, 4) is 11.5 Å². The Morgan fingerprint density at radius 3 is 2.20 bits per heavy atom. The molecule has 2 heterocycles. The highest BCUT2D eigenvalue weighted by Gasteiger charge is 2.68. The average molecular weight is 705 g/mol. The summed E-state index contributed by atoms with van der Waals surface area (Å²) in [7, 11) is -0.536. The summed E-state index contributed by atoms with van der Waals surface area (Å²) in [5, 5.41) is 8.31. The Bertz CT molecular complexity index is 2180. The van der Waals surface area contributed by atoms with Crippen molar-refractivity contribution in [2.24, 2.45) is 0 Å². The van der Waals surface area contributed by atoms with E-state index in [0.717, 1.165) is 21.4 Å². The highest BCUT2D eigenvalue weighted by atomic mass is 32.2. The topological polar surface area (TPSA) is 155 Å². The van der Waals surface area contributed by atoms with Gasteiger partial charge in [-0.25, -0.2) is 22.9 Å². The maximum Gasteiger partial charge on any atom is 0.435 e. The predicted molar refractivity (Wildman–Crippen MR) is 187 cm³/mol. The Labute approximate surface area is 290 Å². The molecule has 0 radical (unpaired) electrons. The fourth-order valence-electron chi connectivity index (χ4n) is 6.33. The molecule has 1 aliphatic heterocycles. The van der Waals surface area contributed by atoms with Crippen molar-refractivity contribution in [2.45, 2.75) is 75.4 Å². The Morgan fingerprint density at radius 1 is 0.900 bits per heavy atom. The third-order valence-electron chi connectivity index (χ3n) is 8.57. The number of fused-ring (bicyclic) bond motifs is 3. The van der Waals surface area contributed by atoms with Crippen LogP contribution in [0.2, 0.25) is 0 Å². The standard InChI is InChI=1S/C36H40N4O9S/c1-34(2,3)48-32(42)39-27-15-11-21(46-7)17-24(27)36(31(39)41)19-25(36)20-10-13-23-28(16-20)40(33(43)49-35(4,5)6)38-30(23)37-26-14-12-22(50(9,44)45)18-29(26)47-8/h10-18,25H,19H2,1-9H3,(H,37,38)/t25-,36-/m0/s1. The average Bonchev–Trinajstić information content (AvgIpc) is 3.60. The van der Waals surface area contributed by atoms with Crippen LogP contribution in [0.3, 0.4) is 0 Å². The van der Waals surface area contributed by atoms with E-state index in [0.29, 0.717) is 40.0 Å². The predicted octanol–water partition coefficient (Wildman–Crippen LogP) is 6.69. The number of methoxy groups -OCH3 is 2. The summed E-state index contributed by atoms with van der Waals surface area (Å²) in [5.74, 6) is 0.346. The zero-order chi connectivity index (χ0) is 36.6. The number of rotatable bonds is 6. The Kier molecular flexibility index (Phi) is 8.17. The SMILES string of the molecule is COc1ccc2c(c1)[C@]1(C[C@H]1c1ccc3c(Nc4ccc(S(C)(=O)=O)cc4OC)nn(C(=O)OC(C)(C)C)c3c1)C(=O)N2C(=O)OC(C)(C)C. The lowest BCUT2D eigenvalue weighted by Gasteiger charge is -2.24. The van der Waals surface area contributed by atoms with Gasteiger partial charge in [-0.3, -0.25) is 4.79 Å². The minimum atomic E-state index is -3.49. The number of hydrogen-bond donors (Lipinski definition) is 1. The van der Waals surface area contributed by atoms with Crippen LogP contribution >= 0.6 is 0 Å². The lowest BCUT2D eigenvalue weighted by molar-refractivity contribution is -0.120. The molecule has 1 aliphatic carbocycles. The minimum absolute atomic E-state index is 0.0814. The second-order valence-corrected chi connectivity index (χ2v) is 16.5. The van der Waals surface area contributed by atoms with Gasteiger partial charge >= 0.3 is 12.2 Å². The van der Waals surface area contributed by atoms with E-state index in [2.05, 4.69) is 10.4 Å². The summed E-state index contributed by atoms with van der Waals surface area (Å²) in [4.78, 5) is 42.3. The highest BCUT2D eigenvalue weighted by Crippen LogP contribution is 2.67. The first-order chi connectivity index (χ1) is 23.3. The molecule has 1 N–H and O–H groups in total. The summed E-state index contributed by atoms with van der Waals surface area (Å²) < 4.78 is 47.7. The molecule has 14 heteroatoms. The largest absolute Gasteiger partial charge is 0.497 e. The van der Waals surface area contributed by atoms with E-state index in [9.17, 15) is 22.8 Å². The van der Waals surface area contributed by atoms with Crippen LogP contribution in [0.1, 0.15) is 65.0 Å². The molecule has 2 aliphatic rings. The molecule has 1 fully saturated rings. The second kappa shape index (κ2) is 11.8. The van der Waals surface area contributed by atoms with Crippen LogP contribution in [0.25, 0.3) is 10.9 Å². The molecule has 50 heavy (non-hydrogen) atoms. The molecule has 0 bridgehead atoms. The van der Waals surface area contributed by atoms with Crippen molar-refractivity contribution in [2.75, 3.05) is 30.7 Å². The molecule has 0 unspecified atom stereocenters. The van der Waals surface area contributed by atoms with Gasteiger partial charge in [0.15, 0.2) is 15.7 Å². The molecule has 6 rings (SSSR count). The van der Waals surface area contributed by atoms with Crippen LogP contribution in [-0.4, -0.2) is 68.0 Å². The number of amides is 2. The summed E-state index contributed by atoms with van der Waals surface area (Å²) in [5.41, 5.74) is -0.0215. The number of imide groups is 1. The Balaban J connectivity index is 1.43. The van der Waals surface area contributed by atoms with E-state index in [1.165, 1.54) is 26.4 Å². The fraction of sp³-hybridized carbons (Fsp3) is 0.389. The van der Waals surface area contributed by atoms with E-state index in [4.69, 9.17) is 18.9 Å². The van der Waals surface area contributed by atoms with Crippen LogP contribution < -0.4 is 19.7 Å². The van der Waals surface area contributed by atoms with Gasteiger partial charge in [0.1, 0.15) is 22.7 Å². The van der Waals surface area contributed by atoms with E-state index >= 15 is 0 Å². The summed E-state index contributed by atoms with van der Waals surface area (Å²) in [6.45, 7) is 10.5. The summed E-state index contributed by atoms with van der Waals surface area (Å²) >= 11 is 0. The highest BCUT2D eigenvalue weighted by molar-refractivity contribution is 7.90. The van der Waals surface area contributed by atoms with Gasteiger partial charge in [-0.05, 0) is 102 Å². The molecule has 1 aromatic heterocycles. The van der Waals surface area contributed by atoms with E-state index in [1.54, 1.807) is 77.9 Å². The van der Waals surface area contributed by atoms with Crippen LogP contribution in [0.15, 0.2) is 59.5 Å². The van der Waals surface area contributed by atoms with Gasteiger partial charge < -0.3 is 24.3 Å². The summed E-state index contributed by atoms with van der Waals surface area (Å²) in [6.07, 6.45) is 0.0358. The molecule has 2 amide bonds. The number of carbonyl (C=O) groups excluding carboxylic acids is 3. The van der Waals surface area contributed by atoms with Crippen LogP contribution in [0, 0.1) is 0 Å². The van der Waals surface area contributed by atoms with E-state index < -0.39 is 44.5 Å². The molecule has 4 aromatic rings. The maximum atomic E-state index is 14.2. The van der Waals surface area contributed by atoms with Crippen molar-refractivity contribution in [3.63, 3.8) is 0 Å². The second-order valence-electron chi connectivity index (χ2n) is 14.5. The minimum Gasteiger partial charge on any atom is -0.497 e.